The number of esters is 1. The van der Waals surface area contributed by atoms with Crippen LogP contribution in [0.15, 0.2) is 30.3 Å². The fourth-order valence-corrected chi connectivity index (χ4v) is 4.68. The second-order valence-electron chi connectivity index (χ2n) is 6.11. The molecule has 0 unspecified atom stereocenters. The second kappa shape index (κ2) is 5.57. The third kappa shape index (κ3) is 2.39. The summed E-state index contributed by atoms with van der Waals surface area (Å²) in [4.78, 5) is 25.9. The molecule has 4 nitrogen and oxygen atoms in total. The van der Waals surface area contributed by atoms with Crippen LogP contribution in [-0.2, 0) is 20.9 Å². The average molecular weight is 323 g/mol. The number of nitrogens with zero attached hydrogens (tertiary/aromatic N) is 1. The monoisotopic (exact) mass is 323 g/mol. The molecule has 118 valence electrons. The van der Waals surface area contributed by atoms with Gasteiger partial charge in [-0.05, 0) is 19.4 Å². The summed E-state index contributed by atoms with van der Waals surface area (Å²) in [7, 11) is 0. The van der Waals surface area contributed by atoms with Crippen molar-refractivity contribution in [2.45, 2.75) is 36.6 Å². The number of halogens is 1. The predicted molar refractivity (Wildman–Crippen MR) is 81.8 cm³/mol. The van der Waals surface area contributed by atoms with Crippen molar-refractivity contribution in [2.75, 3.05) is 6.67 Å². The summed E-state index contributed by atoms with van der Waals surface area (Å²) >= 11 is 1.48. The molecule has 0 spiro atoms. The van der Waals surface area contributed by atoms with Gasteiger partial charge in [0.05, 0.1) is 11.3 Å². The number of carbonyl (C=O) groups is 2. The number of ether oxygens (including phenoxy) is 1. The van der Waals surface area contributed by atoms with Gasteiger partial charge in [0.1, 0.15) is 19.3 Å². The minimum atomic E-state index is -0.672. The lowest BCUT2D eigenvalue weighted by Crippen LogP contribution is -2.63. The maximum Gasteiger partial charge on any atom is 0.330 e. The number of benzene rings is 1. The van der Waals surface area contributed by atoms with Crippen molar-refractivity contribution in [2.24, 2.45) is 5.92 Å². The van der Waals surface area contributed by atoms with Gasteiger partial charge in [0, 0.05) is 4.75 Å². The summed E-state index contributed by atoms with van der Waals surface area (Å²) in [6.45, 7) is 3.30. The number of thioether (sulfide) groups is 1. The number of hydrogen-bond donors (Lipinski definition) is 0. The summed E-state index contributed by atoms with van der Waals surface area (Å²) in [6, 6.07) is 8.74. The van der Waals surface area contributed by atoms with E-state index in [-0.39, 0.29) is 17.9 Å². The van der Waals surface area contributed by atoms with Gasteiger partial charge in [-0.15, -0.1) is 11.8 Å². The Morgan fingerprint density at radius 2 is 2.05 bits per heavy atom. The molecule has 1 aromatic rings. The van der Waals surface area contributed by atoms with E-state index in [1.165, 1.54) is 16.7 Å². The van der Waals surface area contributed by atoms with Crippen molar-refractivity contribution in [3.63, 3.8) is 0 Å². The Balaban J connectivity index is 1.70. The van der Waals surface area contributed by atoms with Crippen molar-refractivity contribution < 1.29 is 18.7 Å². The Labute approximate surface area is 133 Å². The Bertz CT molecular complexity index is 592. The molecule has 0 bridgehead atoms. The molecule has 0 aromatic heterocycles. The largest absolute Gasteiger partial charge is 0.459 e. The molecule has 0 saturated carbocycles. The number of rotatable bonds is 4. The van der Waals surface area contributed by atoms with Crippen LogP contribution in [0.2, 0.25) is 0 Å². The summed E-state index contributed by atoms with van der Waals surface area (Å²) in [6.07, 6.45) is 0. The highest BCUT2D eigenvalue weighted by atomic mass is 32.2. The smallest absolute Gasteiger partial charge is 0.330 e. The van der Waals surface area contributed by atoms with Crippen molar-refractivity contribution in [3.8, 4) is 0 Å². The van der Waals surface area contributed by atoms with Crippen molar-refractivity contribution >= 4 is 23.6 Å². The fraction of sp³-hybridized carbons (Fsp3) is 0.500. The molecule has 0 aliphatic carbocycles. The van der Waals surface area contributed by atoms with E-state index in [0.29, 0.717) is 0 Å². The lowest BCUT2D eigenvalue weighted by molar-refractivity contribution is -0.167. The van der Waals surface area contributed by atoms with E-state index in [2.05, 4.69) is 0 Å². The van der Waals surface area contributed by atoms with Crippen LogP contribution in [0.3, 0.4) is 0 Å². The minimum Gasteiger partial charge on any atom is -0.459 e. The van der Waals surface area contributed by atoms with Crippen molar-refractivity contribution in [3.05, 3.63) is 35.9 Å². The maximum absolute atomic E-state index is 12.9. The molecule has 2 aliphatic heterocycles. The topological polar surface area (TPSA) is 46.6 Å². The lowest BCUT2D eigenvalue weighted by Gasteiger charge is -2.42. The summed E-state index contributed by atoms with van der Waals surface area (Å²) in [5.41, 5.74) is 0.896. The maximum atomic E-state index is 12.9. The van der Waals surface area contributed by atoms with Gasteiger partial charge in [-0.3, -0.25) is 9.18 Å². The first kappa shape index (κ1) is 15.3. The molecule has 2 saturated heterocycles. The van der Waals surface area contributed by atoms with E-state index in [1.807, 2.05) is 44.2 Å². The van der Waals surface area contributed by atoms with Crippen LogP contribution >= 0.6 is 11.8 Å². The average Bonchev–Trinajstić information content (AvgIpc) is 2.74. The lowest BCUT2D eigenvalue weighted by atomic mass is 9.92. The van der Waals surface area contributed by atoms with E-state index < -0.39 is 29.4 Å². The van der Waals surface area contributed by atoms with Crippen molar-refractivity contribution in [1.29, 1.82) is 0 Å². The highest BCUT2D eigenvalue weighted by molar-refractivity contribution is 8.01. The summed E-state index contributed by atoms with van der Waals surface area (Å²) in [5.74, 6) is -1.32. The molecule has 1 aromatic carbocycles. The van der Waals surface area contributed by atoms with Crippen LogP contribution in [0.4, 0.5) is 4.39 Å². The molecule has 1 amide bonds. The van der Waals surface area contributed by atoms with E-state index in [4.69, 9.17) is 4.74 Å². The quantitative estimate of drug-likeness (QED) is 0.630. The fourth-order valence-electron chi connectivity index (χ4n) is 3.02. The first-order chi connectivity index (χ1) is 10.5. The number of alkyl halides is 1. The normalized spacial score (nSPS) is 29.0. The minimum absolute atomic E-state index is 0.177. The van der Waals surface area contributed by atoms with Gasteiger partial charge in [-0.2, -0.15) is 0 Å². The second-order valence-corrected chi connectivity index (χ2v) is 7.88. The van der Waals surface area contributed by atoms with Gasteiger partial charge in [-0.1, -0.05) is 30.3 Å². The molecule has 2 aliphatic rings. The summed E-state index contributed by atoms with van der Waals surface area (Å²) in [5, 5.41) is -0.248. The number of β-lactam (4-membered cyclic amide) rings is 1. The molecule has 3 atom stereocenters. The van der Waals surface area contributed by atoms with Crippen LogP contribution in [0.25, 0.3) is 0 Å². The first-order valence-electron chi connectivity index (χ1n) is 7.22. The highest BCUT2D eigenvalue weighted by Crippen LogP contribution is 2.53. The van der Waals surface area contributed by atoms with E-state index in [1.54, 1.807) is 0 Å². The molecular formula is C16H18FNO3S. The van der Waals surface area contributed by atoms with Gasteiger partial charge < -0.3 is 9.64 Å². The third-order valence-corrected chi connectivity index (χ3v) is 5.79. The van der Waals surface area contributed by atoms with E-state index in [0.717, 1.165) is 5.56 Å². The van der Waals surface area contributed by atoms with Crippen LogP contribution in [0.1, 0.15) is 19.4 Å². The standard InChI is InChI=1S/C16H18FNO3S/c1-16(2)12(18-13(19)11(8-17)14(18)22-16)15(20)21-9-10-6-4-3-5-7-10/h3-7,11-12,14H,8-9H2,1-2H3/t11-,12+,14-/m1/s1. The van der Waals surface area contributed by atoms with Crippen LogP contribution in [0, 0.1) is 5.92 Å². The number of amides is 1. The zero-order chi connectivity index (χ0) is 15.9. The number of hydrogen-bond acceptors (Lipinski definition) is 4. The summed E-state index contributed by atoms with van der Waals surface area (Å²) < 4.78 is 17.8. The van der Waals surface area contributed by atoms with E-state index in [9.17, 15) is 14.0 Å². The number of fused-ring (bicyclic) bond motifs is 1. The SMILES string of the molecule is CC1(C)S[C@@H]2[C@H](CF)C(=O)N2[C@H]1C(=O)OCc1ccccc1. The van der Waals surface area contributed by atoms with Crippen LogP contribution in [0.5, 0.6) is 0 Å². The first-order valence-corrected chi connectivity index (χ1v) is 8.10. The molecule has 2 fully saturated rings. The van der Waals surface area contributed by atoms with Gasteiger partial charge in [0.25, 0.3) is 0 Å². The van der Waals surface area contributed by atoms with Gasteiger partial charge in [0.15, 0.2) is 0 Å². The zero-order valence-electron chi connectivity index (χ0n) is 12.5. The van der Waals surface area contributed by atoms with Crippen LogP contribution < -0.4 is 0 Å². The molecule has 0 N–H and O–H groups in total. The number of carbonyl (C=O) groups excluding carboxylic acids is 2. The third-order valence-electron chi connectivity index (χ3n) is 4.16. The Hall–Kier alpha value is -1.56. The molecular weight excluding hydrogens is 305 g/mol. The molecule has 6 heteroatoms. The van der Waals surface area contributed by atoms with E-state index >= 15 is 0 Å². The molecule has 3 rings (SSSR count). The van der Waals surface area contributed by atoms with Crippen LogP contribution in [-0.4, -0.2) is 39.6 Å². The Morgan fingerprint density at radius 1 is 1.36 bits per heavy atom. The molecule has 22 heavy (non-hydrogen) atoms. The Morgan fingerprint density at radius 3 is 2.68 bits per heavy atom. The zero-order valence-corrected chi connectivity index (χ0v) is 13.3. The van der Waals surface area contributed by atoms with Gasteiger partial charge in [-0.25, -0.2) is 4.79 Å². The Kier molecular flexibility index (Phi) is 3.89. The van der Waals surface area contributed by atoms with Gasteiger partial charge >= 0.3 is 5.97 Å². The van der Waals surface area contributed by atoms with Crippen molar-refractivity contribution in [1.82, 2.24) is 4.90 Å². The predicted octanol–water partition coefficient (Wildman–Crippen LogP) is 2.38. The molecule has 0 radical (unpaired) electrons. The molecule has 2 heterocycles. The van der Waals surface area contributed by atoms with Gasteiger partial charge in [0.2, 0.25) is 5.91 Å². The highest BCUT2D eigenvalue weighted by Gasteiger charge is 2.63.